The third-order valence-electron chi connectivity index (χ3n) is 2.34. The van der Waals surface area contributed by atoms with Crippen LogP contribution in [0.25, 0.3) is 0 Å². The van der Waals surface area contributed by atoms with Gasteiger partial charge in [-0.3, -0.25) is 4.31 Å². The SMILES string of the molecule is CN(c1ccc(S(N)(=O)=O)cc1)S(=O)(=O)NCC(F)(F)F. The van der Waals surface area contributed by atoms with Crippen molar-refractivity contribution < 1.29 is 30.0 Å². The average molecular weight is 347 g/mol. The molecule has 0 amide bonds. The van der Waals surface area contributed by atoms with Crippen LogP contribution in [0, 0.1) is 0 Å². The Bertz CT molecular complexity index is 699. The summed E-state index contributed by atoms with van der Waals surface area (Å²) in [5.41, 5.74) is -0.0305. The van der Waals surface area contributed by atoms with E-state index in [2.05, 4.69) is 0 Å². The third kappa shape index (κ3) is 5.15. The van der Waals surface area contributed by atoms with Gasteiger partial charge in [0.25, 0.3) is 0 Å². The normalized spacial score (nSPS) is 13.2. The van der Waals surface area contributed by atoms with Crippen molar-refractivity contribution in [2.45, 2.75) is 11.1 Å². The molecular formula is C9H12F3N3O4S2. The van der Waals surface area contributed by atoms with Crippen LogP contribution in [-0.4, -0.2) is 36.6 Å². The maximum absolute atomic E-state index is 12.0. The van der Waals surface area contributed by atoms with E-state index in [1.807, 2.05) is 0 Å². The highest BCUT2D eigenvalue weighted by molar-refractivity contribution is 7.90. The lowest BCUT2D eigenvalue weighted by Gasteiger charge is -2.20. The van der Waals surface area contributed by atoms with Gasteiger partial charge in [-0.05, 0) is 24.3 Å². The van der Waals surface area contributed by atoms with Crippen molar-refractivity contribution in [1.29, 1.82) is 0 Å². The van der Waals surface area contributed by atoms with Crippen LogP contribution in [0.15, 0.2) is 29.2 Å². The molecule has 1 aromatic rings. The first-order chi connectivity index (χ1) is 9.33. The summed E-state index contributed by atoms with van der Waals surface area (Å²) in [6.07, 6.45) is -4.69. The molecule has 1 aromatic carbocycles. The Kier molecular flexibility index (Phi) is 4.87. The van der Waals surface area contributed by atoms with Gasteiger partial charge >= 0.3 is 16.4 Å². The number of rotatable bonds is 5. The van der Waals surface area contributed by atoms with Crippen molar-refractivity contribution in [3.63, 3.8) is 0 Å². The number of primary sulfonamides is 1. The Labute approximate surface area is 119 Å². The Hall–Kier alpha value is -1.37. The molecule has 0 aliphatic carbocycles. The van der Waals surface area contributed by atoms with Crippen LogP contribution in [0.4, 0.5) is 18.9 Å². The summed E-state index contributed by atoms with van der Waals surface area (Å²) >= 11 is 0. The van der Waals surface area contributed by atoms with E-state index in [1.54, 1.807) is 0 Å². The van der Waals surface area contributed by atoms with Gasteiger partial charge in [0.05, 0.1) is 10.6 Å². The summed E-state index contributed by atoms with van der Waals surface area (Å²) in [4.78, 5) is -0.250. The fourth-order valence-corrected chi connectivity index (χ4v) is 2.71. The Morgan fingerprint density at radius 3 is 2.00 bits per heavy atom. The van der Waals surface area contributed by atoms with Crippen LogP contribution < -0.4 is 14.2 Å². The summed E-state index contributed by atoms with van der Waals surface area (Å²) in [6, 6.07) is 4.29. The average Bonchev–Trinajstić information content (AvgIpc) is 2.34. The second-order valence-corrected chi connectivity index (χ2v) is 7.30. The van der Waals surface area contributed by atoms with E-state index in [-0.39, 0.29) is 10.6 Å². The fourth-order valence-electron chi connectivity index (χ4n) is 1.25. The van der Waals surface area contributed by atoms with E-state index in [9.17, 15) is 30.0 Å². The van der Waals surface area contributed by atoms with Crippen molar-refractivity contribution in [2.24, 2.45) is 5.14 Å². The summed E-state index contributed by atoms with van der Waals surface area (Å²) < 4.78 is 83.3. The van der Waals surface area contributed by atoms with Gasteiger partial charge in [-0.1, -0.05) is 0 Å². The summed E-state index contributed by atoms with van der Waals surface area (Å²) in [5.74, 6) is 0. The molecule has 12 heteroatoms. The van der Waals surface area contributed by atoms with Gasteiger partial charge in [-0.2, -0.15) is 26.3 Å². The van der Waals surface area contributed by atoms with E-state index in [4.69, 9.17) is 5.14 Å². The lowest BCUT2D eigenvalue weighted by molar-refractivity contribution is -0.121. The molecule has 0 aliphatic rings. The number of hydrogen-bond acceptors (Lipinski definition) is 4. The number of nitrogens with two attached hydrogens (primary N) is 1. The highest BCUT2D eigenvalue weighted by Crippen LogP contribution is 2.19. The van der Waals surface area contributed by atoms with Crippen LogP contribution in [0.3, 0.4) is 0 Å². The first-order valence-electron chi connectivity index (χ1n) is 5.26. The van der Waals surface area contributed by atoms with E-state index in [0.29, 0.717) is 4.31 Å². The van der Waals surface area contributed by atoms with Gasteiger partial charge in [0.1, 0.15) is 6.54 Å². The molecule has 0 saturated carbocycles. The van der Waals surface area contributed by atoms with Crippen LogP contribution in [0.2, 0.25) is 0 Å². The molecule has 0 bridgehead atoms. The minimum absolute atomic E-state index is 0.0305. The van der Waals surface area contributed by atoms with Crippen molar-refractivity contribution in [3.05, 3.63) is 24.3 Å². The minimum atomic E-state index is -4.69. The second kappa shape index (κ2) is 5.79. The van der Waals surface area contributed by atoms with E-state index in [1.165, 1.54) is 4.72 Å². The van der Waals surface area contributed by atoms with Crippen LogP contribution in [0.5, 0.6) is 0 Å². The maximum Gasteiger partial charge on any atom is 0.402 e. The highest BCUT2D eigenvalue weighted by atomic mass is 32.2. The molecule has 0 unspecified atom stereocenters. The zero-order valence-electron chi connectivity index (χ0n) is 10.6. The van der Waals surface area contributed by atoms with Gasteiger partial charge in [-0.15, -0.1) is 0 Å². The van der Waals surface area contributed by atoms with E-state index < -0.39 is 33.0 Å². The molecule has 21 heavy (non-hydrogen) atoms. The fraction of sp³-hybridized carbons (Fsp3) is 0.333. The molecule has 3 N–H and O–H groups in total. The molecule has 120 valence electrons. The molecular weight excluding hydrogens is 335 g/mol. The zero-order chi connectivity index (χ0) is 16.5. The maximum atomic E-state index is 12.0. The number of benzene rings is 1. The lowest BCUT2D eigenvalue weighted by atomic mass is 10.3. The molecule has 0 aliphatic heterocycles. The molecule has 0 saturated heterocycles. The molecule has 0 aromatic heterocycles. The second-order valence-electron chi connectivity index (χ2n) is 3.95. The Morgan fingerprint density at radius 1 is 1.14 bits per heavy atom. The molecule has 1 rings (SSSR count). The van der Waals surface area contributed by atoms with Crippen LogP contribution in [0.1, 0.15) is 0 Å². The molecule has 0 fully saturated rings. The van der Waals surface area contributed by atoms with Crippen molar-refractivity contribution >= 4 is 25.9 Å². The van der Waals surface area contributed by atoms with Gasteiger partial charge in [-0.25, -0.2) is 13.6 Å². The molecule has 0 spiro atoms. The zero-order valence-corrected chi connectivity index (χ0v) is 12.3. The molecule has 0 heterocycles. The number of nitrogens with zero attached hydrogens (tertiary/aromatic N) is 1. The summed E-state index contributed by atoms with van der Waals surface area (Å²) in [7, 11) is -7.34. The van der Waals surface area contributed by atoms with Crippen molar-refractivity contribution in [3.8, 4) is 0 Å². The number of hydrogen-bond donors (Lipinski definition) is 2. The van der Waals surface area contributed by atoms with Crippen LogP contribution >= 0.6 is 0 Å². The predicted octanol–water partition coefficient (Wildman–Crippen LogP) is 0.167. The van der Waals surface area contributed by atoms with Crippen molar-refractivity contribution in [2.75, 3.05) is 17.9 Å². The number of sulfonamides is 1. The molecule has 0 atom stereocenters. The monoisotopic (exact) mass is 347 g/mol. The third-order valence-corrected chi connectivity index (χ3v) is 4.71. The Morgan fingerprint density at radius 2 is 1.62 bits per heavy atom. The van der Waals surface area contributed by atoms with Gasteiger partial charge < -0.3 is 0 Å². The molecule has 7 nitrogen and oxygen atoms in total. The minimum Gasteiger partial charge on any atom is -0.261 e. The number of anilines is 1. The smallest absolute Gasteiger partial charge is 0.261 e. The summed E-state index contributed by atoms with van der Waals surface area (Å²) in [5, 5.41) is 4.87. The Balaban J connectivity index is 2.95. The largest absolute Gasteiger partial charge is 0.402 e. The highest BCUT2D eigenvalue weighted by Gasteiger charge is 2.31. The quantitative estimate of drug-likeness (QED) is 0.791. The molecule has 0 radical (unpaired) electrons. The van der Waals surface area contributed by atoms with Gasteiger partial charge in [0.2, 0.25) is 10.0 Å². The van der Waals surface area contributed by atoms with Crippen LogP contribution in [-0.2, 0) is 20.2 Å². The standard InChI is InChI=1S/C9H12F3N3O4S2/c1-15(21(18,19)14-6-9(10,11)12)7-2-4-8(5-3-7)20(13,16)17/h2-5,14H,6H2,1H3,(H2,13,16,17). The van der Waals surface area contributed by atoms with Gasteiger partial charge in [0, 0.05) is 7.05 Å². The first kappa shape index (κ1) is 17.7. The predicted molar refractivity (Wildman–Crippen MR) is 69.2 cm³/mol. The van der Waals surface area contributed by atoms with E-state index in [0.717, 1.165) is 31.3 Å². The number of alkyl halides is 3. The van der Waals surface area contributed by atoms with Crippen molar-refractivity contribution in [1.82, 2.24) is 4.72 Å². The summed E-state index contributed by atoms with van der Waals surface area (Å²) in [6.45, 7) is -1.71. The number of halogens is 3. The van der Waals surface area contributed by atoms with Gasteiger partial charge in [0.15, 0.2) is 0 Å². The number of nitrogens with one attached hydrogen (secondary N) is 1. The van der Waals surface area contributed by atoms with E-state index >= 15 is 0 Å². The topological polar surface area (TPSA) is 110 Å². The lowest BCUT2D eigenvalue weighted by Crippen LogP contribution is -2.42. The first-order valence-corrected chi connectivity index (χ1v) is 8.25.